The Morgan fingerprint density at radius 1 is 1.06 bits per heavy atom. The molecule has 18 heavy (non-hydrogen) atoms. The molecule has 0 spiro atoms. The zero-order valence-electron chi connectivity index (χ0n) is 8.78. The molecule has 0 amide bonds. The highest BCUT2D eigenvalue weighted by atomic mass is 79.9. The first-order valence-corrected chi connectivity index (χ1v) is 6.39. The van der Waals surface area contributed by atoms with Gasteiger partial charge in [0.05, 0.1) is 5.56 Å². The fraction of sp³-hybridized carbons (Fsp3) is 0.0909. The van der Waals surface area contributed by atoms with Gasteiger partial charge in [0.15, 0.2) is 5.82 Å². The van der Waals surface area contributed by atoms with Gasteiger partial charge in [0.1, 0.15) is 15.0 Å². The van der Waals surface area contributed by atoms with Crippen LogP contribution in [0.15, 0.2) is 39.5 Å². The molecule has 0 aliphatic carbocycles. The van der Waals surface area contributed by atoms with Gasteiger partial charge in [-0.1, -0.05) is 12.1 Å². The minimum absolute atomic E-state index is 0.0394. The van der Waals surface area contributed by atoms with E-state index in [1.807, 2.05) is 0 Å². The Hall–Kier alpha value is -1.08. The van der Waals surface area contributed by atoms with Gasteiger partial charge in [-0.3, -0.25) is 0 Å². The number of hydrogen-bond acceptors (Lipinski definition) is 3. The van der Waals surface area contributed by atoms with Gasteiger partial charge < -0.3 is 4.74 Å². The summed E-state index contributed by atoms with van der Waals surface area (Å²) in [6.45, 7) is -2.89. The first kappa shape index (κ1) is 13.4. The summed E-state index contributed by atoms with van der Waals surface area (Å²) in [5.74, 6) is 0.338. The second kappa shape index (κ2) is 5.71. The average Bonchev–Trinajstić information content (AvgIpc) is 2.27. The summed E-state index contributed by atoms with van der Waals surface area (Å²) >= 11 is 6.43. The molecule has 0 saturated heterocycles. The number of halogens is 4. The second-order valence-corrected chi connectivity index (χ2v) is 4.84. The van der Waals surface area contributed by atoms with Crippen LogP contribution in [0.5, 0.6) is 5.75 Å². The normalized spacial score (nSPS) is 10.7. The molecule has 0 N–H and O–H groups in total. The number of aromatic nitrogens is 2. The van der Waals surface area contributed by atoms with E-state index < -0.39 is 6.61 Å². The van der Waals surface area contributed by atoms with Gasteiger partial charge in [-0.25, -0.2) is 9.97 Å². The highest BCUT2D eigenvalue weighted by molar-refractivity contribution is 9.11. The van der Waals surface area contributed by atoms with Crippen LogP contribution in [0, 0.1) is 0 Å². The number of para-hydroxylation sites is 1. The number of ether oxygens (including phenoxy) is 1. The molecule has 0 bridgehead atoms. The van der Waals surface area contributed by atoms with Crippen molar-refractivity contribution in [1.29, 1.82) is 0 Å². The quantitative estimate of drug-likeness (QED) is 0.747. The summed E-state index contributed by atoms with van der Waals surface area (Å²) in [6, 6.07) is 8.02. The summed E-state index contributed by atoms with van der Waals surface area (Å²) in [6.07, 6.45) is 0. The first-order valence-electron chi connectivity index (χ1n) is 4.80. The lowest BCUT2D eigenvalue weighted by atomic mass is 10.2. The van der Waals surface area contributed by atoms with Crippen molar-refractivity contribution in [2.75, 3.05) is 0 Å². The van der Waals surface area contributed by atoms with Crippen molar-refractivity contribution >= 4 is 31.9 Å². The molecule has 2 rings (SSSR count). The van der Waals surface area contributed by atoms with Gasteiger partial charge in [0.25, 0.3) is 0 Å². The van der Waals surface area contributed by atoms with E-state index in [4.69, 9.17) is 0 Å². The van der Waals surface area contributed by atoms with Gasteiger partial charge >= 0.3 is 6.61 Å². The molecule has 7 heteroatoms. The summed E-state index contributed by atoms with van der Waals surface area (Å²) in [7, 11) is 0. The smallest absolute Gasteiger partial charge is 0.387 e. The van der Waals surface area contributed by atoms with Crippen LogP contribution in [-0.4, -0.2) is 16.6 Å². The van der Waals surface area contributed by atoms with Crippen molar-refractivity contribution in [2.45, 2.75) is 6.61 Å². The molecule has 1 aromatic heterocycles. The van der Waals surface area contributed by atoms with Gasteiger partial charge in [-0.2, -0.15) is 8.78 Å². The molecule has 0 fully saturated rings. The Balaban J connectivity index is 2.49. The van der Waals surface area contributed by atoms with Crippen LogP contribution in [0.4, 0.5) is 8.78 Å². The Labute approximate surface area is 118 Å². The standard InChI is InChI=1S/C11H6Br2F2N2O/c12-8-5-9(13)17-10(16-8)6-3-1-2-4-7(6)18-11(14)15/h1-5,11H. The Morgan fingerprint density at radius 2 is 1.67 bits per heavy atom. The molecule has 2 aromatic rings. The maximum atomic E-state index is 12.3. The van der Waals surface area contributed by atoms with Crippen molar-refractivity contribution in [3.8, 4) is 17.1 Å². The minimum atomic E-state index is -2.89. The van der Waals surface area contributed by atoms with Crippen LogP contribution in [0.1, 0.15) is 0 Å². The molecule has 0 aliphatic heterocycles. The molecule has 3 nitrogen and oxygen atoms in total. The van der Waals surface area contributed by atoms with Gasteiger partial charge in [-0.05, 0) is 44.0 Å². The Kier molecular flexibility index (Phi) is 4.23. The van der Waals surface area contributed by atoms with Gasteiger partial charge in [0, 0.05) is 6.07 Å². The third kappa shape index (κ3) is 3.23. The lowest BCUT2D eigenvalue weighted by Crippen LogP contribution is -2.04. The Bertz CT molecular complexity index is 546. The topological polar surface area (TPSA) is 35.0 Å². The van der Waals surface area contributed by atoms with E-state index in [2.05, 4.69) is 46.6 Å². The lowest BCUT2D eigenvalue weighted by Gasteiger charge is -2.09. The molecule has 0 atom stereocenters. The van der Waals surface area contributed by atoms with Gasteiger partial charge in [0.2, 0.25) is 0 Å². The van der Waals surface area contributed by atoms with Crippen molar-refractivity contribution in [3.63, 3.8) is 0 Å². The number of alkyl halides is 2. The van der Waals surface area contributed by atoms with Crippen LogP contribution in [0.3, 0.4) is 0 Å². The highest BCUT2D eigenvalue weighted by Crippen LogP contribution is 2.30. The second-order valence-electron chi connectivity index (χ2n) is 3.21. The number of nitrogens with zero attached hydrogens (tertiary/aromatic N) is 2. The van der Waals surface area contributed by atoms with E-state index in [9.17, 15) is 8.78 Å². The van der Waals surface area contributed by atoms with E-state index in [-0.39, 0.29) is 5.75 Å². The summed E-state index contributed by atoms with van der Waals surface area (Å²) in [5.41, 5.74) is 0.403. The predicted octanol–water partition coefficient (Wildman–Crippen LogP) is 4.27. The fourth-order valence-electron chi connectivity index (χ4n) is 1.36. The Morgan fingerprint density at radius 3 is 2.28 bits per heavy atom. The van der Waals surface area contributed by atoms with Crippen LogP contribution >= 0.6 is 31.9 Å². The average molecular weight is 380 g/mol. The molecule has 0 unspecified atom stereocenters. The van der Waals surface area contributed by atoms with E-state index in [1.165, 1.54) is 6.07 Å². The van der Waals surface area contributed by atoms with E-state index in [0.717, 1.165) is 0 Å². The molecule has 1 heterocycles. The summed E-state index contributed by atoms with van der Waals surface area (Å²) < 4.78 is 30.1. The van der Waals surface area contributed by atoms with Crippen LogP contribution in [-0.2, 0) is 0 Å². The maximum absolute atomic E-state index is 12.3. The molecular weight excluding hydrogens is 374 g/mol. The fourth-order valence-corrected chi connectivity index (χ4v) is 2.44. The number of rotatable bonds is 3. The molecule has 0 aliphatic rings. The lowest BCUT2D eigenvalue weighted by molar-refractivity contribution is -0.0494. The SMILES string of the molecule is FC(F)Oc1ccccc1-c1nc(Br)cc(Br)n1. The third-order valence-electron chi connectivity index (χ3n) is 2.01. The van der Waals surface area contributed by atoms with Crippen molar-refractivity contribution in [3.05, 3.63) is 39.5 Å². The zero-order valence-corrected chi connectivity index (χ0v) is 12.0. The van der Waals surface area contributed by atoms with Crippen LogP contribution in [0.2, 0.25) is 0 Å². The van der Waals surface area contributed by atoms with Crippen molar-refractivity contribution in [1.82, 2.24) is 9.97 Å². The maximum Gasteiger partial charge on any atom is 0.387 e. The van der Waals surface area contributed by atoms with Gasteiger partial charge in [-0.15, -0.1) is 0 Å². The highest BCUT2D eigenvalue weighted by Gasteiger charge is 2.13. The van der Waals surface area contributed by atoms with Crippen LogP contribution in [0.25, 0.3) is 11.4 Å². The minimum Gasteiger partial charge on any atom is -0.434 e. The van der Waals surface area contributed by atoms with E-state index in [0.29, 0.717) is 20.6 Å². The summed E-state index contributed by atoms with van der Waals surface area (Å²) in [5, 5.41) is 0. The number of hydrogen-bond donors (Lipinski definition) is 0. The van der Waals surface area contributed by atoms with E-state index in [1.54, 1.807) is 24.3 Å². The molecule has 0 saturated carbocycles. The van der Waals surface area contributed by atoms with Crippen molar-refractivity contribution < 1.29 is 13.5 Å². The molecule has 94 valence electrons. The molecular formula is C11H6Br2F2N2O. The first-order chi connectivity index (χ1) is 8.56. The monoisotopic (exact) mass is 378 g/mol. The van der Waals surface area contributed by atoms with Crippen molar-refractivity contribution in [2.24, 2.45) is 0 Å². The molecule has 1 aromatic carbocycles. The largest absolute Gasteiger partial charge is 0.434 e. The van der Waals surface area contributed by atoms with E-state index >= 15 is 0 Å². The van der Waals surface area contributed by atoms with Crippen LogP contribution < -0.4 is 4.74 Å². The third-order valence-corrected chi connectivity index (χ3v) is 2.82. The molecule has 0 radical (unpaired) electrons. The predicted molar refractivity (Wildman–Crippen MR) is 69.5 cm³/mol. The zero-order chi connectivity index (χ0) is 13.1. The number of benzene rings is 1. The summed E-state index contributed by atoms with van der Waals surface area (Å²) in [4.78, 5) is 8.25.